The van der Waals surface area contributed by atoms with Crippen molar-refractivity contribution in [3.63, 3.8) is 0 Å². The van der Waals surface area contributed by atoms with E-state index in [1.54, 1.807) is 13.2 Å². The molecule has 0 radical (unpaired) electrons. The van der Waals surface area contributed by atoms with E-state index in [0.717, 1.165) is 29.4 Å². The molecule has 0 aliphatic carbocycles. The molecule has 0 aliphatic rings. The third kappa shape index (κ3) is 8.47. The summed E-state index contributed by atoms with van der Waals surface area (Å²) < 4.78 is 10.5. The SMILES string of the molecule is CCNC(=NCc1cccc(OCC(N)=O)c1)NCc1ccc(OC)cc1.I. The van der Waals surface area contributed by atoms with Gasteiger partial charge < -0.3 is 25.8 Å². The number of hydrogen-bond acceptors (Lipinski definition) is 4. The number of carbonyl (C=O) groups is 1. The topological polar surface area (TPSA) is 98.0 Å². The number of methoxy groups -OCH3 is 1. The maximum absolute atomic E-state index is 10.8. The Morgan fingerprint density at radius 2 is 1.82 bits per heavy atom. The van der Waals surface area contributed by atoms with Gasteiger partial charge in [0.1, 0.15) is 11.5 Å². The summed E-state index contributed by atoms with van der Waals surface area (Å²) in [6.45, 7) is 3.77. The summed E-state index contributed by atoms with van der Waals surface area (Å²) in [5, 5.41) is 6.53. The van der Waals surface area contributed by atoms with Crippen LogP contribution in [0.4, 0.5) is 0 Å². The Kier molecular flexibility index (Phi) is 10.8. The highest BCUT2D eigenvalue weighted by Crippen LogP contribution is 2.14. The molecule has 4 N–H and O–H groups in total. The molecule has 7 nitrogen and oxygen atoms in total. The van der Waals surface area contributed by atoms with Gasteiger partial charge in [0.25, 0.3) is 5.91 Å². The van der Waals surface area contributed by atoms with Gasteiger partial charge in [-0.2, -0.15) is 0 Å². The molecule has 0 unspecified atom stereocenters. The van der Waals surface area contributed by atoms with E-state index in [1.165, 1.54) is 0 Å². The van der Waals surface area contributed by atoms with Crippen LogP contribution in [0.25, 0.3) is 0 Å². The minimum absolute atomic E-state index is 0. The average Bonchev–Trinajstić information content (AvgIpc) is 2.69. The number of nitrogens with zero attached hydrogens (tertiary/aromatic N) is 1. The fourth-order valence-corrected chi connectivity index (χ4v) is 2.33. The minimum Gasteiger partial charge on any atom is -0.497 e. The summed E-state index contributed by atoms with van der Waals surface area (Å²) in [4.78, 5) is 15.4. The van der Waals surface area contributed by atoms with Crippen molar-refractivity contribution in [1.29, 1.82) is 0 Å². The van der Waals surface area contributed by atoms with Crippen molar-refractivity contribution in [2.24, 2.45) is 10.7 Å². The average molecular weight is 498 g/mol. The molecule has 2 aromatic carbocycles. The molecule has 0 atom stereocenters. The van der Waals surface area contributed by atoms with E-state index in [1.807, 2.05) is 49.4 Å². The monoisotopic (exact) mass is 498 g/mol. The molecule has 2 aromatic rings. The Bertz CT molecular complexity index is 766. The zero-order valence-corrected chi connectivity index (χ0v) is 18.4. The lowest BCUT2D eigenvalue weighted by molar-refractivity contribution is -0.119. The fraction of sp³-hybridized carbons (Fsp3) is 0.300. The normalized spacial score (nSPS) is 10.6. The van der Waals surface area contributed by atoms with E-state index >= 15 is 0 Å². The van der Waals surface area contributed by atoms with Gasteiger partial charge in [0.2, 0.25) is 0 Å². The van der Waals surface area contributed by atoms with Crippen molar-refractivity contribution in [2.45, 2.75) is 20.0 Å². The number of nitrogens with one attached hydrogen (secondary N) is 2. The molecular weight excluding hydrogens is 471 g/mol. The van der Waals surface area contributed by atoms with Crippen molar-refractivity contribution in [3.05, 3.63) is 59.7 Å². The zero-order valence-electron chi connectivity index (χ0n) is 16.1. The number of carbonyl (C=O) groups excluding carboxylic acids is 1. The number of rotatable bonds is 9. The van der Waals surface area contributed by atoms with E-state index in [0.29, 0.717) is 18.8 Å². The van der Waals surface area contributed by atoms with Crippen molar-refractivity contribution < 1.29 is 14.3 Å². The molecule has 0 aromatic heterocycles. The molecule has 0 saturated heterocycles. The lowest BCUT2D eigenvalue weighted by Crippen LogP contribution is -2.36. The van der Waals surface area contributed by atoms with Crippen LogP contribution in [0.1, 0.15) is 18.1 Å². The van der Waals surface area contributed by atoms with Crippen LogP contribution < -0.4 is 25.8 Å². The maximum atomic E-state index is 10.8. The van der Waals surface area contributed by atoms with Crippen molar-refractivity contribution in [2.75, 3.05) is 20.3 Å². The first-order valence-electron chi connectivity index (χ1n) is 8.76. The second kappa shape index (κ2) is 12.8. The number of halogens is 1. The highest BCUT2D eigenvalue weighted by molar-refractivity contribution is 14.0. The quantitative estimate of drug-likeness (QED) is 0.280. The largest absolute Gasteiger partial charge is 0.497 e. The molecule has 0 aliphatic heterocycles. The molecule has 0 fully saturated rings. The number of benzene rings is 2. The van der Waals surface area contributed by atoms with E-state index in [4.69, 9.17) is 15.2 Å². The summed E-state index contributed by atoms with van der Waals surface area (Å²) >= 11 is 0. The first-order valence-corrected chi connectivity index (χ1v) is 8.76. The smallest absolute Gasteiger partial charge is 0.255 e. The van der Waals surface area contributed by atoms with Crippen LogP contribution in [0.5, 0.6) is 11.5 Å². The summed E-state index contributed by atoms with van der Waals surface area (Å²) in [6.07, 6.45) is 0. The maximum Gasteiger partial charge on any atom is 0.255 e. The Hall–Kier alpha value is -2.49. The van der Waals surface area contributed by atoms with Crippen LogP contribution >= 0.6 is 24.0 Å². The molecule has 28 heavy (non-hydrogen) atoms. The predicted octanol–water partition coefficient (Wildman–Crippen LogP) is 2.43. The molecule has 0 saturated carbocycles. The number of nitrogens with two attached hydrogens (primary N) is 1. The number of ether oxygens (including phenoxy) is 2. The van der Waals surface area contributed by atoms with Crippen molar-refractivity contribution in [1.82, 2.24) is 10.6 Å². The van der Waals surface area contributed by atoms with Gasteiger partial charge in [0, 0.05) is 13.1 Å². The molecule has 0 spiro atoms. The van der Waals surface area contributed by atoms with Crippen LogP contribution in [0.15, 0.2) is 53.5 Å². The summed E-state index contributed by atoms with van der Waals surface area (Å²) in [5.41, 5.74) is 7.20. The zero-order chi connectivity index (χ0) is 19.5. The molecule has 0 heterocycles. The van der Waals surface area contributed by atoms with E-state index in [-0.39, 0.29) is 30.6 Å². The van der Waals surface area contributed by atoms with Gasteiger partial charge in [0.05, 0.1) is 13.7 Å². The molecule has 0 bridgehead atoms. The van der Waals surface area contributed by atoms with E-state index in [2.05, 4.69) is 15.6 Å². The highest BCUT2D eigenvalue weighted by Gasteiger charge is 2.02. The van der Waals surface area contributed by atoms with Gasteiger partial charge in [-0.1, -0.05) is 24.3 Å². The first-order chi connectivity index (χ1) is 13.1. The third-order valence-electron chi connectivity index (χ3n) is 3.66. The summed E-state index contributed by atoms with van der Waals surface area (Å²) in [5.74, 6) is 1.64. The van der Waals surface area contributed by atoms with Crippen LogP contribution in [0, 0.1) is 0 Å². The minimum atomic E-state index is -0.504. The lowest BCUT2D eigenvalue weighted by Gasteiger charge is -2.12. The molecular formula is C20H27IN4O3. The van der Waals surface area contributed by atoms with Gasteiger partial charge in [-0.25, -0.2) is 4.99 Å². The number of hydrogen-bond donors (Lipinski definition) is 3. The number of guanidine groups is 1. The predicted molar refractivity (Wildman–Crippen MR) is 121 cm³/mol. The molecule has 8 heteroatoms. The lowest BCUT2D eigenvalue weighted by atomic mass is 10.2. The summed E-state index contributed by atoms with van der Waals surface area (Å²) in [7, 11) is 1.65. The first kappa shape index (κ1) is 23.5. The molecule has 152 valence electrons. The molecule has 1 amide bonds. The van der Waals surface area contributed by atoms with Crippen LogP contribution in [-0.2, 0) is 17.9 Å². The second-order valence-corrected chi connectivity index (χ2v) is 5.80. The second-order valence-electron chi connectivity index (χ2n) is 5.80. The third-order valence-corrected chi connectivity index (χ3v) is 3.66. The summed E-state index contributed by atoms with van der Waals surface area (Å²) in [6, 6.07) is 15.3. The Labute approximate surface area is 182 Å². The number of amides is 1. The van der Waals surface area contributed by atoms with Gasteiger partial charge in [-0.3, -0.25) is 4.79 Å². The van der Waals surface area contributed by atoms with Crippen LogP contribution in [0.2, 0.25) is 0 Å². The Morgan fingerprint density at radius 3 is 2.46 bits per heavy atom. The Morgan fingerprint density at radius 1 is 1.07 bits per heavy atom. The molecule has 2 rings (SSSR count). The van der Waals surface area contributed by atoms with Gasteiger partial charge >= 0.3 is 0 Å². The van der Waals surface area contributed by atoms with Gasteiger partial charge in [0.15, 0.2) is 12.6 Å². The standard InChI is InChI=1S/C20H26N4O3.HI/c1-3-22-20(23-12-15-7-9-17(26-2)10-8-15)24-13-16-5-4-6-18(11-16)27-14-19(21)25;/h4-11H,3,12-14H2,1-2H3,(H2,21,25)(H2,22,23,24);1H. The Balaban J connectivity index is 0.00000392. The van der Waals surface area contributed by atoms with Crippen molar-refractivity contribution in [3.8, 4) is 11.5 Å². The van der Waals surface area contributed by atoms with E-state index < -0.39 is 5.91 Å². The van der Waals surface area contributed by atoms with Gasteiger partial charge in [-0.15, -0.1) is 24.0 Å². The highest BCUT2D eigenvalue weighted by atomic mass is 127. The fourth-order valence-electron chi connectivity index (χ4n) is 2.33. The van der Waals surface area contributed by atoms with Gasteiger partial charge in [-0.05, 0) is 42.3 Å². The van der Waals surface area contributed by atoms with E-state index in [9.17, 15) is 4.79 Å². The van der Waals surface area contributed by atoms with Crippen LogP contribution in [0.3, 0.4) is 0 Å². The number of aliphatic imine (C=N–C) groups is 1. The van der Waals surface area contributed by atoms with Crippen molar-refractivity contribution >= 4 is 35.8 Å². The van der Waals surface area contributed by atoms with Crippen LogP contribution in [-0.4, -0.2) is 32.1 Å². The number of primary amides is 1.